The van der Waals surface area contributed by atoms with E-state index in [9.17, 15) is 9.59 Å². The number of allylic oxidation sites excluding steroid dienone is 1. The summed E-state index contributed by atoms with van der Waals surface area (Å²) in [5.74, 6) is -1.49. The summed E-state index contributed by atoms with van der Waals surface area (Å²) in [4.78, 5) is 22.4. The minimum Gasteiger partial charge on any atom is -0.481 e. The number of carbonyl (C=O) groups excluding carboxylic acids is 1. The fourth-order valence-corrected chi connectivity index (χ4v) is 2.06. The summed E-state index contributed by atoms with van der Waals surface area (Å²) in [7, 11) is 0. The smallest absolute Gasteiger partial charge is 0.315 e. The van der Waals surface area contributed by atoms with Crippen molar-refractivity contribution in [3.8, 4) is 0 Å². The molecule has 2 atom stereocenters. The van der Waals surface area contributed by atoms with Gasteiger partial charge in [0.25, 0.3) is 0 Å². The predicted molar refractivity (Wildman–Crippen MR) is 74.0 cm³/mol. The first-order valence-electron chi connectivity index (χ1n) is 6.95. The summed E-state index contributed by atoms with van der Waals surface area (Å²) in [6.45, 7) is 3.88. The van der Waals surface area contributed by atoms with Crippen molar-refractivity contribution in [1.82, 2.24) is 10.6 Å². The molecule has 0 saturated heterocycles. The molecule has 19 heavy (non-hydrogen) atoms. The van der Waals surface area contributed by atoms with Gasteiger partial charge in [-0.3, -0.25) is 4.79 Å². The van der Waals surface area contributed by atoms with Gasteiger partial charge in [-0.25, -0.2) is 4.79 Å². The highest BCUT2D eigenvalue weighted by Crippen LogP contribution is 2.19. The zero-order valence-corrected chi connectivity index (χ0v) is 11.7. The Bertz CT molecular complexity index is 353. The van der Waals surface area contributed by atoms with Gasteiger partial charge in [-0.05, 0) is 46.0 Å². The number of amides is 2. The van der Waals surface area contributed by atoms with Gasteiger partial charge >= 0.3 is 12.0 Å². The van der Waals surface area contributed by atoms with Crippen molar-refractivity contribution in [2.75, 3.05) is 6.54 Å². The average molecular weight is 268 g/mol. The molecule has 0 fully saturated rings. The number of urea groups is 1. The number of aliphatic carboxylic acids is 1. The van der Waals surface area contributed by atoms with Crippen LogP contribution in [0.1, 0.15) is 46.0 Å². The number of carboxylic acids is 1. The van der Waals surface area contributed by atoms with E-state index in [4.69, 9.17) is 5.11 Å². The Balaban J connectivity index is 2.20. The lowest BCUT2D eigenvalue weighted by atomic mass is 9.97. The Kier molecular flexibility index (Phi) is 6.39. The van der Waals surface area contributed by atoms with Gasteiger partial charge in [0.15, 0.2) is 0 Å². The van der Waals surface area contributed by atoms with Gasteiger partial charge in [-0.2, -0.15) is 0 Å². The van der Waals surface area contributed by atoms with E-state index in [1.165, 1.54) is 18.4 Å². The molecule has 3 N–H and O–H groups in total. The molecule has 2 amide bonds. The second kappa shape index (κ2) is 7.81. The zero-order valence-electron chi connectivity index (χ0n) is 11.7. The van der Waals surface area contributed by atoms with E-state index in [1.54, 1.807) is 13.8 Å². The molecule has 0 heterocycles. The zero-order chi connectivity index (χ0) is 14.3. The van der Waals surface area contributed by atoms with Crippen molar-refractivity contribution in [3.05, 3.63) is 11.6 Å². The highest BCUT2D eigenvalue weighted by atomic mass is 16.4. The number of rotatable bonds is 6. The first-order chi connectivity index (χ1) is 9.00. The number of carbonyl (C=O) groups is 2. The number of hydrogen-bond acceptors (Lipinski definition) is 2. The second-order valence-corrected chi connectivity index (χ2v) is 5.17. The maximum absolute atomic E-state index is 11.6. The van der Waals surface area contributed by atoms with Gasteiger partial charge in [-0.1, -0.05) is 11.6 Å². The molecule has 0 aromatic heterocycles. The maximum atomic E-state index is 11.6. The fourth-order valence-electron chi connectivity index (χ4n) is 2.06. The molecule has 108 valence electrons. The van der Waals surface area contributed by atoms with Crippen molar-refractivity contribution < 1.29 is 14.7 Å². The first-order valence-corrected chi connectivity index (χ1v) is 6.95. The van der Waals surface area contributed by atoms with Crippen LogP contribution in [0.4, 0.5) is 4.79 Å². The summed E-state index contributed by atoms with van der Waals surface area (Å²) in [5, 5.41) is 14.3. The van der Waals surface area contributed by atoms with Crippen molar-refractivity contribution in [2.45, 2.75) is 52.0 Å². The van der Waals surface area contributed by atoms with Gasteiger partial charge in [0.2, 0.25) is 0 Å². The average Bonchev–Trinajstić information content (AvgIpc) is 2.38. The number of hydrogen-bond donors (Lipinski definition) is 3. The minimum atomic E-state index is -0.903. The van der Waals surface area contributed by atoms with Crippen LogP contribution in [0.15, 0.2) is 11.6 Å². The third-order valence-electron chi connectivity index (χ3n) is 3.61. The lowest BCUT2D eigenvalue weighted by molar-refractivity contribution is -0.141. The van der Waals surface area contributed by atoms with Gasteiger partial charge in [0.05, 0.1) is 5.92 Å². The molecule has 0 bridgehead atoms. The summed E-state index contributed by atoms with van der Waals surface area (Å²) >= 11 is 0. The number of carboxylic acid groups (broad SMARTS) is 1. The standard InChI is InChI=1S/C14H24N2O3/c1-10(13(17)18)11(2)16-14(19)15-9-8-12-6-4-3-5-7-12/h6,10-11H,3-5,7-9H2,1-2H3,(H,17,18)(H2,15,16,19). The molecule has 0 saturated carbocycles. The molecule has 0 aliphatic heterocycles. The quantitative estimate of drug-likeness (QED) is 0.647. The molecule has 0 radical (unpaired) electrons. The summed E-state index contributed by atoms with van der Waals surface area (Å²) in [5.41, 5.74) is 1.42. The van der Waals surface area contributed by atoms with E-state index >= 15 is 0 Å². The molecule has 0 aromatic carbocycles. The molecular formula is C14H24N2O3. The highest BCUT2D eigenvalue weighted by molar-refractivity contribution is 5.76. The molecule has 1 aliphatic carbocycles. The summed E-state index contributed by atoms with van der Waals surface area (Å²) in [6.07, 6.45) is 7.94. The van der Waals surface area contributed by atoms with Crippen molar-refractivity contribution in [2.24, 2.45) is 5.92 Å². The third kappa shape index (κ3) is 5.77. The lowest BCUT2D eigenvalue weighted by Gasteiger charge is -2.18. The van der Waals surface area contributed by atoms with E-state index in [-0.39, 0.29) is 12.1 Å². The van der Waals surface area contributed by atoms with Gasteiger partial charge in [-0.15, -0.1) is 0 Å². The molecule has 0 spiro atoms. The Hall–Kier alpha value is -1.52. The summed E-state index contributed by atoms with van der Waals surface area (Å²) in [6, 6.07) is -0.677. The molecule has 5 heteroatoms. The van der Waals surface area contributed by atoms with Crippen LogP contribution in [0, 0.1) is 5.92 Å². The van der Waals surface area contributed by atoms with Gasteiger partial charge in [0.1, 0.15) is 0 Å². The van der Waals surface area contributed by atoms with Crippen LogP contribution in [-0.4, -0.2) is 29.7 Å². The summed E-state index contributed by atoms with van der Waals surface area (Å²) < 4.78 is 0. The van der Waals surface area contributed by atoms with Crippen LogP contribution in [0.2, 0.25) is 0 Å². The fraction of sp³-hybridized carbons (Fsp3) is 0.714. The van der Waals surface area contributed by atoms with Crippen molar-refractivity contribution >= 4 is 12.0 Å². The van der Waals surface area contributed by atoms with Crippen LogP contribution < -0.4 is 10.6 Å². The molecule has 1 aliphatic rings. The maximum Gasteiger partial charge on any atom is 0.315 e. The minimum absolute atomic E-state index is 0.294. The van der Waals surface area contributed by atoms with E-state index < -0.39 is 11.9 Å². The van der Waals surface area contributed by atoms with Crippen molar-refractivity contribution in [1.29, 1.82) is 0 Å². The van der Waals surface area contributed by atoms with Crippen molar-refractivity contribution in [3.63, 3.8) is 0 Å². The molecule has 0 aromatic rings. The molecule has 1 rings (SSSR count). The third-order valence-corrected chi connectivity index (χ3v) is 3.61. The van der Waals surface area contributed by atoms with Crippen LogP contribution in [0.5, 0.6) is 0 Å². The Morgan fingerprint density at radius 2 is 2.11 bits per heavy atom. The molecule has 5 nitrogen and oxygen atoms in total. The van der Waals surface area contributed by atoms with Gasteiger partial charge in [0, 0.05) is 12.6 Å². The van der Waals surface area contributed by atoms with Crippen LogP contribution in [-0.2, 0) is 4.79 Å². The van der Waals surface area contributed by atoms with E-state index in [2.05, 4.69) is 16.7 Å². The molecule has 2 unspecified atom stereocenters. The Morgan fingerprint density at radius 1 is 1.37 bits per heavy atom. The van der Waals surface area contributed by atoms with Crippen LogP contribution >= 0.6 is 0 Å². The molecular weight excluding hydrogens is 244 g/mol. The SMILES string of the molecule is CC(NC(=O)NCCC1=CCCCC1)C(C)C(=O)O. The highest BCUT2D eigenvalue weighted by Gasteiger charge is 2.20. The first kappa shape index (κ1) is 15.5. The van der Waals surface area contributed by atoms with E-state index in [0.717, 1.165) is 19.3 Å². The van der Waals surface area contributed by atoms with Crippen LogP contribution in [0.25, 0.3) is 0 Å². The largest absolute Gasteiger partial charge is 0.481 e. The second-order valence-electron chi connectivity index (χ2n) is 5.17. The normalized spacial score (nSPS) is 18.1. The van der Waals surface area contributed by atoms with Crippen LogP contribution in [0.3, 0.4) is 0 Å². The monoisotopic (exact) mass is 268 g/mol. The Morgan fingerprint density at radius 3 is 2.68 bits per heavy atom. The lowest BCUT2D eigenvalue weighted by Crippen LogP contribution is -2.45. The topological polar surface area (TPSA) is 78.4 Å². The van der Waals surface area contributed by atoms with E-state index in [1.807, 2.05) is 0 Å². The van der Waals surface area contributed by atoms with Gasteiger partial charge < -0.3 is 15.7 Å². The number of nitrogens with one attached hydrogen (secondary N) is 2. The Labute approximate surface area is 114 Å². The van der Waals surface area contributed by atoms with E-state index in [0.29, 0.717) is 6.54 Å². The predicted octanol–water partition coefficient (Wildman–Crippen LogP) is 2.29.